The van der Waals surface area contributed by atoms with Crippen molar-refractivity contribution in [3.05, 3.63) is 65.7 Å². The van der Waals surface area contributed by atoms with E-state index >= 15 is 0 Å². The molecular weight excluding hydrogens is 494 g/mol. The van der Waals surface area contributed by atoms with Gasteiger partial charge in [-0.15, -0.1) is 0 Å². The minimum atomic E-state index is -1.04. The van der Waals surface area contributed by atoms with Crippen molar-refractivity contribution in [2.24, 2.45) is 5.92 Å². The molecule has 0 saturated carbocycles. The lowest BCUT2D eigenvalue weighted by atomic mass is 9.98. The van der Waals surface area contributed by atoms with Gasteiger partial charge in [0.1, 0.15) is 23.9 Å². The molecule has 4 atom stereocenters. The molecule has 3 amide bonds. The van der Waals surface area contributed by atoms with Crippen molar-refractivity contribution in [1.29, 1.82) is 0 Å². The van der Waals surface area contributed by atoms with Gasteiger partial charge in [0, 0.05) is 17.9 Å². The molecule has 10 heteroatoms. The molecule has 2 rings (SSSR count). The molecule has 200 valence electrons. The predicted molar refractivity (Wildman–Crippen MR) is 143 cm³/mol. The molecule has 0 unspecified atom stereocenters. The van der Waals surface area contributed by atoms with Gasteiger partial charge in [-0.1, -0.05) is 62.7 Å². The van der Waals surface area contributed by atoms with Crippen molar-refractivity contribution >= 4 is 36.0 Å². The number of nitrogens with one attached hydrogen (secondary N) is 3. The smallest absolute Gasteiger partial charge is 0.328 e. The van der Waals surface area contributed by atoms with E-state index in [2.05, 4.69) is 16.0 Å². The van der Waals surface area contributed by atoms with E-state index in [1.165, 1.54) is 31.0 Å². The summed E-state index contributed by atoms with van der Waals surface area (Å²) in [6.07, 6.45) is 1.19. The number of hydrogen-bond acceptors (Lipinski definition) is 7. The molecule has 0 saturated heterocycles. The fourth-order valence-electron chi connectivity index (χ4n) is 3.55. The van der Waals surface area contributed by atoms with Gasteiger partial charge >= 0.3 is 5.97 Å². The first-order valence-corrected chi connectivity index (χ1v) is 13.2. The van der Waals surface area contributed by atoms with E-state index in [9.17, 15) is 24.3 Å². The first kappa shape index (κ1) is 29.7. The zero-order valence-electron chi connectivity index (χ0n) is 21.3. The van der Waals surface area contributed by atoms with Gasteiger partial charge in [0.25, 0.3) is 0 Å². The zero-order chi connectivity index (χ0) is 27.2. The quantitative estimate of drug-likeness (QED) is 0.205. The van der Waals surface area contributed by atoms with E-state index in [-0.39, 0.29) is 18.1 Å². The number of benzene rings is 2. The van der Waals surface area contributed by atoms with E-state index in [1.807, 2.05) is 44.2 Å². The molecule has 0 spiro atoms. The largest absolute Gasteiger partial charge is 0.508 e. The lowest BCUT2D eigenvalue weighted by Crippen LogP contribution is -2.57. The molecule has 0 aliphatic rings. The van der Waals surface area contributed by atoms with Crippen molar-refractivity contribution in [2.45, 2.75) is 50.6 Å². The summed E-state index contributed by atoms with van der Waals surface area (Å²) in [6.45, 7) is 3.72. The second-order valence-electron chi connectivity index (χ2n) is 8.66. The average Bonchev–Trinajstić information content (AvgIpc) is 2.91. The van der Waals surface area contributed by atoms with Crippen LogP contribution in [0.5, 0.6) is 5.75 Å². The number of carbonyl (C=O) groups excluding carboxylic acids is 4. The van der Waals surface area contributed by atoms with Gasteiger partial charge < -0.3 is 25.8 Å². The highest BCUT2D eigenvalue weighted by Crippen LogP contribution is 2.15. The summed E-state index contributed by atoms with van der Waals surface area (Å²) in [6, 6.07) is 13.2. The van der Waals surface area contributed by atoms with Crippen molar-refractivity contribution < 1.29 is 29.0 Å². The van der Waals surface area contributed by atoms with E-state index < -0.39 is 35.9 Å². The molecule has 0 fully saturated rings. The Morgan fingerprint density at radius 1 is 0.973 bits per heavy atom. The van der Waals surface area contributed by atoms with Crippen LogP contribution < -0.4 is 16.0 Å². The molecule has 0 heterocycles. The molecule has 37 heavy (non-hydrogen) atoms. The highest BCUT2D eigenvalue weighted by Gasteiger charge is 2.31. The van der Waals surface area contributed by atoms with Crippen LogP contribution in [0.25, 0.3) is 0 Å². The Bertz CT molecular complexity index is 1020. The van der Waals surface area contributed by atoms with Crippen LogP contribution in [0.3, 0.4) is 0 Å². The predicted octanol–water partition coefficient (Wildman–Crippen LogP) is 2.17. The summed E-state index contributed by atoms with van der Waals surface area (Å²) in [5, 5.41) is 17.6. The number of phenols is 1. The summed E-state index contributed by atoms with van der Waals surface area (Å²) in [7, 11) is 1.25. The lowest BCUT2D eigenvalue weighted by Gasteiger charge is -2.26. The molecule has 0 aromatic heterocycles. The summed E-state index contributed by atoms with van der Waals surface area (Å²) < 4.78 is 4.86. The Labute approximate surface area is 221 Å². The van der Waals surface area contributed by atoms with Gasteiger partial charge in [0.05, 0.1) is 7.11 Å². The second-order valence-corrected chi connectivity index (χ2v) is 9.69. The fraction of sp³-hybridized carbons (Fsp3) is 0.407. The third kappa shape index (κ3) is 9.80. The molecule has 0 aliphatic heterocycles. The number of rotatable bonds is 15. The van der Waals surface area contributed by atoms with Gasteiger partial charge in [-0.25, -0.2) is 4.79 Å². The number of thioether (sulfide) groups is 1. The number of hydrogen-bond donors (Lipinski definition) is 4. The highest BCUT2D eigenvalue weighted by molar-refractivity contribution is 7.98. The van der Waals surface area contributed by atoms with Crippen molar-refractivity contribution in [2.75, 3.05) is 12.9 Å². The van der Waals surface area contributed by atoms with Crippen LogP contribution in [-0.2, 0) is 36.1 Å². The fourth-order valence-corrected chi connectivity index (χ4v) is 4.58. The molecule has 4 N–H and O–H groups in total. The SMILES string of the molecule is CC[C@H](C)[C@H](NC(=O)[C@H](Cc1ccc(O)cc1)NC(=O)[C@H](CSCc1ccccc1)NC=O)C(=O)OC. The van der Waals surface area contributed by atoms with Gasteiger partial charge in [0.15, 0.2) is 0 Å². The van der Waals surface area contributed by atoms with E-state index in [0.29, 0.717) is 29.9 Å². The summed E-state index contributed by atoms with van der Waals surface area (Å²) >= 11 is 1.48. The van der Waals surface area contributed by atoms with Crippen LogP contribution in [0.1, 0.15) is 31.4 Å². The highest BCUT2D eigenvalue weighted by atomic mass is 32.2. The standard InChI is InChI=1S/C27H35N3O6S/c1-4-18(2)24(27(35)36-3)30-25(33)22(14-19-10-12-21(32)13-11-19)29-26(34)23(28-17-31)16-37-15-20-8-6-5-7-9-20/h5-13,17-18,22-24,32H,4,14-16H2,1-3H3,(H,28,31)(H,29,34)(H,30,33)/t18-,22-,23-,24-/m0/s1. The topological polar surface area (TPSA) is 134 Å². The summed E-state index contributed by atoms with van der Waals surface area (Å²) in [5.74, 6) is -0.829. The summed E-state index contributed by atoms with van der Waals surface area (Å²) in [5.41, 5.74) is 1.77. The molecule has 0 radical (unpaired) electrons. The van der Waals surface area contributed by atoms with Gasteiger partial charge in [-0.05, 0) is 29.2 Å². The minimum Gasteiger partial charge on any atom is -0.508 e. The number of ether oxygens (including phenoxy) is 1. The van der Waals surface area contributed by atoms with Crippen molar-refractivity contribution in [3.63, 3.8) is 0 Å². The Morgan fingerprint density at radius 3 is 2.22 bits per heavy atom. The maximum absolute atomic E-state index is 13.3. The maximum Gasteiger partial charge on any atom is 0.328 e. The van der Waals surface area contributed by atoms with Crippen LogP contribution in [0.4, 0.5) is 0 Å². The first-order chi connectivity index (χ1) is 17.8. The second kappa shape index (κ2) is 15.6. The van der Waals surface area contributed by atoms with E-state index in [1.54, 1.807) is 12.1 Å². The number of aromatic hydroxyl groups is 1. The third-order valence-corrected chi connectivity index (χ3v) is 7.06. The van der Waals surface area contributed by atoms with Crippen molar-refractivity contribution in [3.8, 4) is 5.75 Å². The molecule has 2 aromatic rings. The van der Waals surface area contributed by atoms with Crippen LogP contribution in [0, 0.1) is 5.92 Å². The number of carbonyl (C=O) groups is 4. The average molecular weight is 530 g/mol. The number of esters is 1. The monoisotopic (exact) mass is 529 g/mol. The van der Waals surface area contributed by atoms with Crippen molar-refractivity contribution in [1.82, 2.24) is 16.0 Å². The molecule has 0 bridgehead atoms. The third-order valence-electron chi connectivity index (χ3n) is 5.96. The Kier molecular flexibility index (Phi) is 12.5. The normalized spacial score (nSPS) is 13.9. The van der Waals surface area contributed by atoms with Gasteiger partial charge in [-0.3, -0.25) is 14.4 Å². The lowest BCUT2D eigenvalue weighted by molar-refractivity contribution is -0.147. The molecular formula is C27H35N3O6S. The van der Waals surface area contributed by atoms with Crippen LogP contribution in [-0.4, -0.2) is 60.3 Å². The molecule has 2 aromatic carbocycles. The Hall–Kier alpha value is -3.53. The van der Waals surface area contributed by atoms with Crippen LogP contribution in [0.2, 0.25) is 0 Å². The van der Waals surface area contributed by atoms with Gasteiger partial charge in [0.2, 0.25) is 18.2 Å². The Balaban J connectivity index is 2.17. The number of amides is 3. The van der Waals surface area contributed by atoms with E-state index in [0.717, 1.165) is 5.56 Å². The number of methoxy groups -OCH3 is 1. The molecule has 0 aliphatic carbocycles. The Morgan fingerprint density at radius 2 is 1.62 bits per heavy atom. The minimum absolute atomic E-state index is 0.0713. The number of phenolic OH excluding ortho intramolecular Hbond substituents is 1. The first-order valence-electron chi connectivity index (χ1n) is 12.1. The summed E-state index contributed by atoms with van der Waals surface area (Å²) in [4.78, 5) is 50.0. The van der Waals surface area contributed by atoms with E-state index in [4.69, 9.17) is 4.74 Å². The van der Waals surface area contributed by atoms with Gasteiger partial charge in [-0.2, -0.15) is 11.8 Å². The molecule has 9 nitrogen and oxygen atoms in total. The van der Waals surface area contributed by atoms with Crippen LogP contribution >= 0.6 is 11.8 Å². The van der Waals surface area contributed by atoms with Crippen LogP contribution in [0.15, 0.2) is 54.6 Å². The zero-order valence-corrected chi connectivity index (χ0v) is 22.1. The maximum atomic E-state index is 13.3.